The number of carbonyl (C=O) groups is 1. The molecule has 0 spiro atoms. The second-order valence-corrected chi connectivity index (χ2v) is 4.57. The Labute approximate surface area is 123 Å². The van der Waals surface area contributed by atoms with E-state index in [1.54, 1.807) is 26.4 Å². The molecule has 0 unspecified atom stereocenters. The van der Waals surface area contributed by atoms with Crippen LogP contribution >= 0.6 is 0 Å². The van der Waals surface area contributed by atoms with Crippen LogP contribution in [-0.2, 0) is 6.42 Å². The van der Waals surface area contributed by atoms with Crippen LogP contribution in [0.5, 0.6) is 11.5 Å². The van der Waals surface area contributed by atoms with Crippen LogP contribution in [0.25, 0.3) is 0 Å². The Morgan fingerprint density at radius 3 is 2.67 bits per heavy atom. The maximum absolute atomic E-state index is 11.8. The second-order valence-electron chi connectivity index (χ2n) is 4.57. The fourth-order valence-electron chi connectivity index (χ4n) is 2.24. The summed E-state index contributed by atoms with van der Waals surface area (Å²) in [5.74, 6) is 1.67. The Balaban J connectivity index is 2.00. The highest BCUT2D eigenvalue weighted by molar-refractivity contribution is 5.91. The molecule has 0 fully saturated rings. The number of ether oxygens (including phenoxy) is 2. The predicted octanol–water partition coefficient (Wildman–Crippen LogP) is 2.58. The molecule has 21 heavy (non-hydrogen) atoms. The number of benzene rings is 1. The van der Waals surface area contributed by atoms with Crippen molar-refractivity contribution < 1.29 is 18.7 Å². The Hall–Kier alpha value is -2.43. The highest BCUT2D eigenvalue weighted by Crippen LogP contribution is 2.31. The maximum Gasteiger partial charge on any atom is 0.286 e. The molecule has 0 saturated heterocycles. The van der Waals surface area contributed by atoms with Crippen LogP contribution in [0.4, 0.5) is 0 Å². The van der Waals surface area contributed by atoms with Crippen LogP contribution in [-0.4, -0.2) is 26.7 Å². The third kappa shape index (κ3) is 3.37. The lowest BCUT2D eigenvalue weighted by Crippen LogP contribution is -2.25. The van der Waals surface area contributed by atoms with E-state index in [-0.39, 0.29) is 5.91 Å². The van der Waals surface area contributed by atoms with Gasteiger partial charge in [-0.3, -0.25) is 4.79 Å². The first-order valence-electron chi connectivity index (χ1n) is 6.69. The van der Waals surface area contributed by atoms with Gasteiger partial charge in [-0.2, -0.15) is 0 Å². The Morgan fingerprint density at radius 2 is 2.05 bits per heavy atom. The average Bonchev–Trinajstić information content (AvgIpc) is 3.02. The van der Waals surface area contributed by atoms with Gasteiger partial charge in [-0.1, -0.05) is 6.07 Å². The number of carbonyl (C=O) groups excluding carboxylic acids is 1. The Kier molecular flexibility index (Phi) is 4.87. The van der Waals surface area contributed by atoms with Crippen molar-refractivity contribution in [3.63, 3.8) is 0 Å². The molecule has 0 radical (unpaired) electrons. The highest BCUT2D eigenvalue weighted by Gasteiger charge is 2.12. The standard InChI is InChI=1S/C16H19NO4/c1-11-13(19-2)7-6-12(15(11)20-3)8-9-17-16(18)14-5-4-10-21-14/h4-7,10H,8-9H2,1-3H3,(H,17,18). The van der Waals surface area contributed by atoms with Crippen LogP contribution in [0.15, 0.2) is 34.9 Å². The summed E-state index contributed by atoms with van der Waals surface area (Å²) in [6.07, 6.45) is 2.14. The molecule has 2 aromatic rings. The van der Waals surface area contributed by atoms with Crippen molar-refractivity contribution in [1.29, 1.82) is 0 Å². The van der Waals surface area contributed by atoms with E-state index in [0.29, 0.717) is 18.7 Å². The van der Waals surface area contributed by atoms with Gasteiger partial charge in [-0.25, -0.2) is 0 Å². The first kappa shape index (κ1) is 15.0. The molecule has 112 valence electrons. The molecule has 5 nitrogen and oxygen atoms in total. The number of methoxy groups -OCH3 is 2. The van der Waals surface area contributed by atoms with Crippen molar-refractivity contribution in [3.05, 3.63) is 47.4 Å². The summed E-state index contributed by atoms with van der Waals surface area (Å²) >= 11 is 0. The third-order valence-corrected chi connectivity index (χ3v) is 3.29. The summed E-state index contributed by atoms with van der Waals surface area (Å²) in [4.78, 5) is 11.8. The lowest BCUT2D eigenvalue weighted by molar-refractivity contribution is 0.0926. The van der Waals surface area contributed by atoms with Crippen molar-refractivity contribution in [3.8, 4) is 11.5 Å². The summed E-state index contributed by atoms with van der Waals surface area (Å²) in [6.45, 7) is 2.45. The zero-order chi connectivity index (χ0) is 15.2. The molecule has 0 bridgehead atoms. The van der Waals surface area contributed by atoms with E-state index < -0.39 is 0 Å². The largest absolute Gasteiger partial charge is 0.496 e. The van der Waals surface area contributed by atoms with E-state index in [4.69, 9.17) is 13.9 Å². The van der Waals surface area contributed by atoms with Crippen molar-refractivity contribution >= 4 is 5.91 Å². The van der Waals surface area contributed by atoms with E-state index in [1.807, 2.05) is 19.1 Å². The van der Waals surface area contributed by atoms with E-state index in [1.165, 1.54) is 6.26 Å². The van der Waals surface area contributed by atoms with E-state index in [2.05, 4.69) is 5.32 Å². The number of hydrogen-bond acceptors (Lipinski definition) is 4. The van der Waals surface area contributed by atoms with E-state index in [9.17, 15) is 4.79 Å². The summed E-state index contributed by atoms with van der Waals surface area (Å²) < 4.78 is 15.7. The molecule has 5 heteroatoms. The molecule has 0 saturated carbocycles. The number of nitrogens with one attached hydrogen (secondary N) is 1. The molecule has 0 aliphatic heterocycles. The van der Waals surface area contributed by atoms with Gasteiger partial charge in [0.15, 0.2) is 5.76 Å². The quantitative estimate of drug-likeness (QED) is 0.888. The summed E-state index contributed by atoms with van der Waals surface area (Å²) in [7, 11) is 3.26. The van der Waals surface area contributed by atoms with Gasteiger partial charge >= 0.3 is 0 Å². The second kappa shape index (κ2) is 6.83. The van der Waals surface area contributed by atoms with E-state index >= 15 is 0 Å². The molecule has 1 heterocycles. The third-order valence-electron chi connectivity index (χ3n) is 3.29. The van der Waals surface area contributed by atoms with Crippen molar-refractivity contribution in [2.24, 2.45) is 0 Å². The molecule has 0 atom stereocenters. The van der Waals surface area contributed by atoms with Gasteiger partial charge in [0.2, 0.25) is 0 Å². The molecular weight excluding hydrogens is 270 g/mol. The van der Waals surface area contributed by atoms with Gasteiger partial charge in [0, 0.05) is 12.1 Å². The number of amides is 1. The molecule has 0 aliphatic rings. The predicted molar refractivity (Wildman–Crippen MR) is 79.0 cm³/mol. The fourth-order valence-corrected chi connectivity index (χ4v) is 2.24. The van der Waals surface area contributed by atoms with Gasteiger partial charge in [-0.15, -0.1) is 0 Å². The van der Waals surface area contributed by atoms with Crippen LogP contribution in [0, 0.1) is 6.92 Å². The summed E-state index contributed by atoms with van der Waals surface area (Å²) in [5.41, 5.74) is 1.98. The lowest BCUT2D eigenvalue weighted by atomic mass is 10.1. The van der Waals surface area contributed by atoms with Crippen LogP contribution in [0.1, 0.15) is 21.7 Å². The maximum atomic E-state index is 11.8. The van der Waals surface area contributed by atoms with Gasteiger partial charge in [-0.05, 0) is 37.1 Å². The Bertz CT molecular complexity index is 605. The molecule has 1 aromatic heterocycles. The number of rotatable bonds is 6. The van der Waals surface area contributed by atoms with Gasteiger partial charge < -0.3 is 19.2 Å². The topological polar surface area (TPSA) is 60.7 Å². The summed E-state index contributed by atoms with van der Waals surface area (Å²) in [6, 6.07) is 7.17. The number of furan rings is 1. The molecular formula is C16H19NO4. The lowest BCUT2D eigenvalue weighted by Gasteiger charge is -2.14. The van der Waals surface area contributed by atoms with Gasteiger partial charge in [0.25, 0.3) is 5.91 Å². The normalized spacial score (nSPS) is 10.2. The minimum atomic E-state index is -0.218. The number of hydrogen-bond donors (Lipinski definition) is 1. The first-order valence-corrected chi connectivity index (χ1v) is 6.69. The average molecular weight is 289 g/mol. The summed E-state index contributed by atoms with van der Waals surface area (Å²) in [5, 5.41) is 2.81. The SMILES string of the molecule is COc1ccc(CCNC(=O)c2ccco2)c(OC)c1C. The van der Waals surface area contributed by atoms with Gasteiger partial charge in [0.05, 0.1) is 20.5 Å². The minimum absolute atomic E-state index is 0.218. The minimum Gasteiger partial charge on any atom is -0.496 e. The molecule has 1 amide bonds. The van der Waals surface area contributed by atoms with Crippen molar-refractivity contribution in [2.75, 3.05) is 20.8 Å². The molecule has 0 aliphatic carbocycles. The molecule has 2 rings (SSSR count). The van der Waals surface area contributed by atoms with E-state index in [0.717, 1.165) is 22.6 Å². The smallest absolute Gasteiger partial charge is 0.286 e. The fraction of sp³-hybridized carbons (Fsp3) is 0.312. The molecule has 1 aromatic carbocycles. The van der Waals surface area contributed by atoms with Gasteiger partial charge in [0.1, 0.15) is 11.5 Å². The van der Waals surface area contributed by atoms with Crippen LogP contribution < -0.4 is 14.8 Å². The van der Waals surface area contributed by atoms with Crippen molar-refractivity contribution in [1.82, 2.24) is 5.32 Å². The molecule has 1 N–H and O–H groups in total. The van der Waals surface area contributed by atoms with Crippen LogP contribution in [0.2, 0.25) is 0 Å². The van der Waals surface area contributed by atoms with Crippen molar-refractivity contribution in [2.45, 2.75) is 13.3 Å². The van der Waals surface area contributed by atoms with Crippen LogP contribution in [0.3, 0.4) is 0 Å². The zero-order valence-corrected chi connectivity index (χ0v) is 12.4. The first-order chi connectivity index (χ1) is 10.2. The zero-order valence-electron chi connectivity index (χ0n) is 12.4. The monoisotopic (exact) mass is 289 g/mol. The Morgan fingerprint density at radius 1 is 1.24 bits per heavy atom. The highest BCUT2D eigenvalue weighted by atomic mass is 16.5.